The van der Waals surface area contributed by atoms with Gasteiger partial charge in [0.15, 0.2) is 0 Å². The number of piperazine rings is 1. The van der Waals surface area contributed by atoms with E-state index in [1.807, 2.05) is 0 Å². The third kappa shape index (κ3) is 4.49. The molecular weight excluding hydrogens is 472 g/mol. The van der Waals surface area contributed by atoms with E-state index in [4.69, 9.17) is 11.6 Å². The van der Waals surface area contributed by atoms with Crippen LogP contribution in [0.4, 0.5) is 17.6 Å². The van der Waals surface area contributed by atoms with Gasteiger partial charge in [0.25, 0.3) is 0 Å². The molecule has 4 rings (SSSR count). The van der Waals surface area contributed by atoms with Crippen molar-refractivity contribution in [3.63, 3.8) is 0 Å². The third-order valence-electron chi connectivity index (χ3n) is 5.83. The lowest BCUT2D eigenvalue weighted by Crippen LogP contribution is -2.51. The van der Waals surface area contributed by atoms with Crippen LogP contribution >= 0.6 is 11.6 Å². The van der Waals surface area contributed by atoms with E-state index in [1.54, 1.807) is 17.0 Å². The van der Waals surface area contributed by atoms with E-state index in [2.05, 4.69) is 0 Å². The van der Waals surface area contributed by atoms with Gasteiger partial charge in [-0.25, -0.2) is 12.8 Å². The molecule has 0 N–H and O–H groups in total. The maximum Gasteiger partial charge on any atom is 0.416 e. The van der Waals surface area contributed by atoms with E-state index >= 15 is 0 Å². The number of carbonyl (C=O) groups excluding carboxylic acids is 1. The highest BCUT2D eigenvalue weighted by molar-refractivity contribution is 7.89. The number of hydrogen-bond donors (Lipinski definition) is 0. The van der Waals surface area contributed by atoms with Crippen LogP contribution < -0.4 is 0 Å². The quantitative estimate of drug-likeness (QED) is 0.605. The summed E-state index contributed by atoms with van der Waals surface area (Å²) in [4.78, 5) is 13.7. The molecule has 0 aromatic heterocycles. The maximum atomic E-state index is 13.1. The summed E-state index contributed by atoms with van der Waals surface area (Å²) in [7, 11) is -4.26. The fourth-order valence-corrected chi connectivity index (χ4v) is 5.87. The molecule has 5 nitrogen and oxygen atoms in total. The first-order valence-corrected chi connectivity index (χ1v) is 11.7. The SMILES string of the molecule is O=C(C1CC1c1ccc(F)cc1)N1CCN(S(=O)(=O)c2cc(C(F)(F)F)ccc2Cl)CC1. The number of nitrogens with zero attached hydrogens (tertiary/aromatic N) is 2. The first-order valence-electron chi connectivity index (χ1n) is 9.89. The largest absolute Gasteiger partial charge is 0.416 e. The average molecular weight is 491 g/mol. The van der Waals surface area contributed by atoms with E-state index in [1.165, 1.54) is 12.1 Å². The van der Waals surface area contributed by atoms with Gasteiger partial charge in [0.05, 0.1) is 10.6 Å². The van der Waals surface area contributed by atoms with Crippen molar-refractivity contribution >= 4 is 27.5 Å². The van der Waals surface area contributed by atoms with Crippen molar-refractivity contribution in [1.29, 1.82) is 0 Å². The van der Waals surface area contributed by atoms with Gasteiger partial charge in [-0.1, -0.05) is 23.7 Å². The zero-order chi connectivity index (χ0) is 23.3. The second-order valence-corrected chi connectivity index (χ2v) is 10.2. The molecule has 0 spiro atoms. The summed E-state index contributed by atoms with van der Waals surface area (Å²) >= 11 is 5.90. The first-order chi connectivity index (χ1) is 15.0. The lowest BCUT2D eigenvalue weighted by atomic mass is 10.1. The van der Waals surface area contributed by atoms with Crippen molar-refractivity contribution in [2.24, 2.45) is 5.92 Å². The van der Waals surface area contributed by atoms with Crippen molar-refractivity contribution in [2.75, 3.05) is 26.2 Å². The molecule has 1 aliphatic carbocycles. The van der Waals surface area contributed by atoms with Crippen LogP contribution in [0.1, 0.15) is 23.5 Å². The van der Waals surface area contributed by atoms with Crippen LogP contribution in [0, 0.1) is 11.7 Å². The van der Waals surface area contributed by atoms with Crippen LogP contribution in [-0.2, 0) is 21.0 Å². The van der Waals surface area contributed by atoms with Crippen molar-refractivity contribution in [2.45, 2.75) is 23.4 Å². The highest BCUT2D eigenvalue weighted by Gasteiger charge is 2.46. The maximum absolute atomic E-state index is 13.1. The van der Waals surface area contributed by atoms with Gasteiger partial charge in [0.1, 0.15) is 10.7 Å². The summed E-state index contributed by atoms with van der Waals surface area (Å²) in [6.07, 6.45) is -4.06. The van der Waals surface area contributed by atoms with E-state index in [0.29, 0.717) is 12.5 Å². The summed E-state index contributed by atoms with van der Waals surface area (Å²) < 4.78 is 79.0. The molecule has 2 aromatic carbocycles. The standard InChI is InChI=1S/C21H19ClF4N2O3S/c22-18-6-3-14(21(24,25)26)11-19(18)32(30,31)28-9-7-27(8-10-28)20(29)17-12-16(17)13-1-4-15(23)5-2-13/h1-6,11,16-17H,7-10,12H2. The second kappa shape index (κ2) is 8.31. The second-order valence-electron chi connectivity index (χ2n) is 7.87. The molecule has 1 aliphatic heterocycles. The molecule has 172 valence electrons. The summed E-state index contributed by atoms with van der Waals surface area (Å²) in [5, 5.41) is -0.295. The monoisotopic (exact) mass is 490 g/mol. The number of carbonyl (C=O) groups is 1. The number of hydrogen-bond acceptors (Lipinski definition) is 3. The highest BCUT2D eigenvalue weighted by Crippen LogP contribution is 2.48. The molecule has 0 bridgehead atoms. The number of benzene rings is 2. The van der Waals surface area contributed by atoms with Crippen LogP contribution in [0.5, 0.6) is 0 Å². The van der Waals surface area contributed by atoms with Gasteiger partial charge < -0.3 is 4.90 Å². The summed E-state index contributed by atoms with van der Waals surface area (Å²) in [5.41, 5.74) is -0.222. The van der Waals surface area contributed by atoms with Crippen molar-refractivity contribution < 1.29 is 30.8 Å². The normalized spacial score (nSPS) is 22.1. The average Bonchev–Trinajstić information content (AvgIpc) is 3.54. The Hall–Kier alpha value is -2.17. The Kier molecular flexibility index (Phi) is 5.98. The van der Waals surface area contributed by atoms with Crippen LogP contribution in [-0.4, -0.2) is 49.7 Å². The molecular formula is C21H19ClF4N2O3S. The molecule has 2 unspecified atom stereocenters. The smallest absolute Gasteiger partial charge is 0.340 e. The van der Waals surface area contributed by atoms with Gasteiger partial charge in [-0.2, -0.15) is 17.5 Å². The van der Waals surface area contributed by atoms with Gasteiger partial charge in [-0.3, -0.25) is 4.79 Å². The zero-order valence-electron chi connectivity index (χ0n) is 16.6. The van der Waals surface area contributed by atoms with Crippen LogP contribution in [0.3, 0.4) is 0 Å². The van der Waals surface area contributed by atoms with Crippen LogP contribution in [0.15, 0.2) is 47.4 Å². The molecule has 1 heterocycles. The molecule has 2 atom stereocenters. The van der Waals surface area contributed by atoms with Gasteiger partial charge >= 0.3 is 6.18 Å². The summed E-state index contributed by atoms with van der Waals surface area (Å²) in [6, 6.07) is 8.17. The molecule has 32 heavy (non-hydrogen) atoms. The van der Waals surface area contributed by atoms with E-state index in [-0.39, 0.29) is 54.8 Å². The minimum absolute atomic E-state index is 0.00813. The molecule has 1 saturated carbocycles. The van der Waals surface area contributed by atoms with E-state index < -0.39 is 26.7 Å². The lowest BCUT2D eigenvalue weighted by molar-refractivity contribution is -0.137. The molecule has 2 fully saturated rings. The van der Waals surface area contributed by atoms with E-state index in [9.17, 15) is 30.8 Å². The molecule has 2 aliphatic rings. The van der Waals surface area contributed by atoms with Crippen molar-refractivity contribution in [3.05, 3.63) is 64.4 Å². The summed E-state index contributed by atoms with van der Waals surface area (Å²) in [6.45, 7) is 0.158. The Morgan fingerprint density at radius 1 is 1.00 bits per heavy atom. The summed E-state index contributed by atoms with van der Waals surface area (Å²) in [5.74, 6) is -0.681. The lowest BCUT2D eigenvalue weighted by Gasteiger charge is -2.34. The van der Waals surface area contributed by atoms with Crippen molar-refractivity contribution in [1.82, 2.24) is 9.21 Å². The topological polar surface area (TPSA) is 57.7 Å². The molecule has 0 radical (unpaired) electrons. The first kappa shape index (κ1) is 23.0. The van der Waals surface area contributed by atoms with Gasteiger partial charge in [-0.05, 0) is 48.2 Å². The van der Waals surface area contributed by atoms with Gasteiger partial charge in [-0.15, -0.1) is 0 Å². The van der Waals surface area contributed by atoms with Crippen molar-refractivity contribution in [3.8, 4) is 0 Å². The van der Waals surface area contributed by atoms with Crippen LogP contribution in [0.25, 0.3) is 0 Å². The number of rotatable bonds is 4. The number of alkyl halides is 3. The fourth-order valence-electron chi connectivity index (χ4n) is 3.95. The molecule has 11 heteroatoms. The molecule has 1 amide bonds. The Morgan fingerprint density at radius 2 is 1.62 bits per heavy atom. The minimum atomic E-state index is -4.70. The Labute approximate surface area is 187 Å². The predicted molar refractivity (Wildman–Crippen MR) is 109 cm³/mol. The molecule has 1 saturated heterocycles. The fraction of sp³-hybridized carbons (Fsp3) is 0.381. The van der Waals surface area contributed by atoms with Gasteiger partial charge in [0.2, 0.25) is 15.9 Å². The van der Waals surface area contributed by atoms with Crippen LogP contribution in [0.2, 0.25) is 5.02 Å². The number of sulfonamides is 1. The third-order valence-corrected chi connectivity index (χ3v) is 8.21. The minimum Gasteiger partial charge on any atom is -0.340 e. The number of amides is 1. The van der Waals surface area contributed by atoms with Gasteiger partial charge in [0, 0.05) is 32.1 Å². The highest BCUT2D eigenvalue weighted by atomic mass is 35.5. The molecule has 2 aromatic rings. The Bertz CT molecular complexity index is 1130. The zero-order valence-corrected chi connectivity index (χ0v) is 18.2. The number of halogens is 5. The Balaban J connectivity index is 1.41. The van der Waals surface area contributed by atoms with E-state index in [0.717, 1.165) is 22.0 Å². The Morgan fingerprint density at radius 3 is 2.22 bits per heavy atom. The predicted octanol–water partition coefficient (Wildman–Crippen LogP) is 4.13.